The minimum absolute atomic E-state index is 0.267. The summed E-state index contributed by atoms with van der Waals surface area (Å²) >= 11 is 0. The predicted molar refractivity (Wildman–Crippen MR) is 112 cm³/mol. The molecule has 5 unspecified atom stereocenters. The van der Waals surface area contributed by atoms with Crippen LogP contribution in [0.5, 0.6) is 0 Å². The van der Waals surface area contributed by atoms with Gasteiger partial charge in [0.1, 0.15) is 0 Å². The van der Waals surface area contributed by atoms with Crippen LogP contribution in [0.15, 0.2) is 30.6 Å². The molecule has 5 rings (SSSR count). The molecular weight excluding hydrogens is 344 g/mol. The Labute approximate surface area is 169 Å². The van der Waals surface area contributed by atoms with E-state index in [4.69, 9.17) is 0 Å². The van der Waals surface area contributed by atoms with Gasteiger partial charge in [0.25, 0.3) is 0 Å². The summed E-state index contributed by atoms with van der Waals surface area (Å²) in [7, 11) is 0. The number of hydrogen-bond donors (Lipinski definition) is 1. The van der Waals surface area contributed by atoms with Crippen LogP contribution in [-0.4, -0.2) is 17.4 Å². The molecule has 28 heavy (non-hydrogen) atoms. The minimum Gasteiger partial charge on any atom is -0.356 e. The third kappa shape index (κ3) is 2.69. The van der Waals surface area contributed by atoms with E-state index in [-0.39, 0.29) is 5.91 Å². The molecule has 0 bridgehead atoms. The molecule has 4 aliphatic rings. The summed E-state index contributed by atoms with van der Waals surface area (Å²) in [5, 5.41) is 3.12. The first-order chi connectivity index (χ1) is 13.5. The van der Waals surface area contributed by atoms with Crippen LogP contribution >= 0.6 is 0 Å². The molecule has 3 aliphatic carbocycles. The highest BCUT2D eigenvalue weighted by Gasteiger charge is 2.57. The van der Waals surface area contributed by atoms with Crippen molar-refractivity contribution in [3.63, 3.8) is 0 Å². The number of pyridine rings is 1. The van der Waals surface area contributed by atoms with Gasteiger partial charge in [-0.1, -0.05) is 26.0 Å². The van der Waals surface area contributed by atoms with Gasteiger partial charge < -0.3 is 5.32 Å². The standard InChI is InChI=1S/C25H34N2O/c1-24-13-10-23(28)27-15-11-18(24)5-6-19-21-8-7-20(17-4-3-14-26-16-17)25(21,2)12-9-22(19)24/h3-4,7,14,16,18-19,21-22H,5-6,8-13,15H2,1-2H3,(H,27,28)/t18?,19?,21?,22?,24-,25?/m1/s1. The molecule has 6 atom stereocenters. The molecule has 1 saturated heterocycles. The number of carbonyl (C=O) groups is 1. The number of fused-ring (bicyclic) bond motifs is 5. The predicted octanol–water partition coefficient (Wildman–Crippen LogP) is 5.23. The molecule has 2 saturated carbocycles. The highest BCUT2D eigenvalue weighted by Crippen LogP contribution is 2.66. The molecule has 0 aromatic carbocycles. The fraction of sp³-hybridized carbons (Fsp3) is 0.680. The van der Waals surface area contributed by atoms with Gasteiger partial charge in [0.05, 0.1) is 0 Å². The summed E-state index contributed by atoms with van der Waals surface area (Å²) in [6.45, 7) is 5.95. The zero-order valence-corrected chi connectivity index (χ0v) is 17.4. The van der Waals surface area contributed by atoms with Crippen LogP contribution in [0.1, 0.15) is 70.8 Å². The maximum absolute atomic E-state index is 12.1. The topological polar surface area (TPSA) is 42.0 Å². The lowest BCUT2D eigenvalue weighted by Crippen LogP contribution is -2.52. The normalized spacial score (nSPS) is 42.9. The molecule has 3 nitrogen and oxygen atoms in total. The van der Waals surface area contributed by atoms with Crippen molar-refractivity contribution in [3.05, 3.63) is 36.2 Å². The van der Waals surface area contributed by atoms with Gasteiger partial charge in [0.2, 0.25) is 5.91 Å². The molecule has 1 aromatic heterocycles. The van der Waals surface area contributed by atoms with Crippen LogP contribution < -0.4 is 5.32 Å². The van der Waals surface area contributed by atoms with Gasteiger partial charge in [-0.2, -0.15) is 0 Å². The first-order valence-corrected chi connectivity index (χ1v) is 11.4. The Morgan fingerprint density at radius 1 is 1.11 bits per heavy atom. The fourth-order valence-corrected chi connectivity index (χ4v) is 7.79. The van der Waals surface area contributed by atoms with Gasteiger partial charge in [-0.3, -0.25) is 9.78 Å². The van der Waals surface area contributed by atoms with Gasteiger partial charge in [-0.25, -0.2) is 0 Å². The van der Waals surface area contributed by atoms with Crippen molar-refractivity contribution in [3.8, 4) is 0 Å². The van der Waals surface area contributed by atoms with E-state index >= 15 is 0 Å². The molecule has 2 heterocycles. The zero-order chi connectivity index (χ0) is 19.4. The molecule has 1 aliphatic heterocycles. The third-order valence-corrected chi connectivity index (χ3v) is 9.32. The SMILES string of the molecule is CC12CCC3C(CCC4CCNC(=O)CC[C@]43C)C1CC=C2c1cccnc1. The molecule has 3 heteroatoms. The highest BCUT2D eigenvalue weighted by atomic mass is 16.1. The number of nitrogens with zero attached hydrogens (tertiary/aromatic N) is 1. The summed E-state index contributed by atoms with van der Waals surface area (Å²) in [6.07, 6.45) is 16.0. The molecule has 150 valence electrons. The minimum atomic E-state index is 0.267. The van der Waals surface area contributed by atoms with Crippen LogP contribution in [0, 0.1) is 34.5 Å². The first-order valence-electron chi connectivity index (χ1n) is 11.4. The van der Waals surface area contributed by atoms with E-state index in [0.717, 1.165) is 43.1 Å². The summed E-state index contributed by atoms with van der Waals surface area (Å²) < 4.78 is 0. The Morgan fingerprint density at radius 3 is 2.82 bits per heavy atom. The van der Waals surface area contributed by atoms with Crippen LogP contribution in [0.25, 0.3) is 5.57 Å². The monoisotopic (exact) mass is 378 g/mol. The van der Waals surface area contributed by atoms with Crippen molar-refractivity contribution in [1.29, 1.82) is 0 Å². The smallest absolute Gasteiger partial charge is 0.220 e. The van der Waals surface area contributed by atoms with Gasteiger partial charge >= 0.3 is 0 Å². The van der Waals surface area contributed by atoms with Gasteiger partial charge in [-0.05, 0) is 96.7 Å². The summed E-state index contributed by atoms with van der Waals surface area (Å²) in [6, 6.07) is 4.31. The number of aromatic nitrogens is 1. The van der Waals surface area contributed by atoms with E-state index in [0.29, 0.717) is 10.8 Å². The van der Waals surface area contributed by atoms with Crippen LogP contribution in [0.2, 0.25) is 0 Å². The lowest BCUT2D eigenvalue weighted by Gasteiger charge is -2.59. The number of carbonyl (C=O) groups excluding carboxylic acids is 1. The number of amides is 1. The summed E-state index contributed by atoms with van der Waals surface area (Å²) in [5.74, 6) is 3.41. The second-order valence-electron chi connectivity index (χ2n) is 10.3. The second kappa shape index (κ2) is 6.71. The lowest BCUT2D eigenvalue weighted by atomic mass is 9.45. The summed E-state index contributed by atoms with van der Waals surface area (Å²) in [4.78, 5) is 16.5. The van der Waals surface area contributed by atoms with E-state index in [9.17, 15) is 4.79 Å². The Morgan fingerprint density at radius 2 is 2.00 bits per heavy atom. The quantitative estimate of drug-likeness (QED) is 0.727. The van der Waals surface area contributed by atoms with Crippen LogP contribution in [0.3, 0.4) is 0 Å². The Balaban J connectivity index is 1.44. The van der Waals surface area contributed by atoms with Gasteiger partial charge in [0, 0.05) is 25.4 Å². The Hall–Kier alpha value is -1.64. The second-order valence-corrected chi connectivity index (χ2v) is 10.3. The maximum atomic E-state index is 12.1. The number of rotatable bonds is 1. The average molecular weight is 379 g/mol. The van der Waals surface area contributed by atoms with Crippen LogP contribution in [-0.2, 0) is 4.79 Å². The molecular formula is C25H34N2O. The molecule has 1 amide bonds. The number of allylic oxidation sites excluding steroid dienone is 2. The van der Waals surface area contributed by atoms with E-state index in [1.54, 1.807) is 5.57 Å². The Bertz CT molecular complexity index is 787. The van der Waals surface area contributed by atoms with Crippen molar-refractivity contribution >= 4 is 11.5 Å². The molecule has 0 radical (unpaired) electrons. The van der Waals surface area contributed by atoms with Crippen LogP contribution in [0.4, 0.5) is 0 Å². The maximum Gasteiger partial charge on any atom is 0.220 e. The molecule has 3 fully saturated rings. The molecule has 0 spiro atoms. The first kappa shape index (κ1) is 18.4. The Kier molecular flexibility index (Phi) is 4.41. The van der Waals surface area contributed by atoms with Crippen molar-refractivity contribution in [1.82, 2.24) is 10.3 Å². The van der Waals surface area contributed by atoms with Crippen molar-refractivity contribution in [2.24, 2.45) is 34.5 Å². The van der Waals surface area contributed by atoms with E-state index in [1.807, 2.05) is 6.20 Å². The van der Waals surface area contributed by atoms with Gasteiger partial charge in [0.15, 0.2) is 0 Å². The van der Waals surface area contributed by atoms with Gasteiger partial charge in [-0.15, -0.1) is 0 Å². The average Bonchev–Trinajstić information content (AvgIpc) is 3.05. The highest BCUT2D eigenvalue weighted by molar-refractivity contribution is 5.76. The molecule has 1 aromatic rings. The number of hydrogen-bond acceptors (Lipinski definition) is 2. The van der Waals surface area contributed by atoms with E-state index < -0.39 is 0 Å². The number of nitrogens with one attached hydrogen (secondary N) is 1. The fourth-order valence-electron chi connectivity index (χ4n) is 7.79. The zero-order valence-electron chi connectivity index (χ0n) is 17.4. The van der Waals surface area contributed by atoms with Crippen molar-refractivity contribution in [2.75, 3.05) is 6.54 Å². The lowest BCUT2D eigenvalue weighted by molar-refractivity contribution is -0.127. The van der Waals surface area contributed by atoms with Crippen molar-refractivity contribution in [2.45, 2.75) is 65.2 Å². The van der Waals surface area contributed by atoms with Crippen molar-refractivity contribution < 1.29 is 4.79 Å². The molecule has 1 N–H and O–H groups in total. The third-order valence-electron chi connectivity index (χ3n) is 9.32. The van der Waals surface area contributed by atoms with E-state index in [2.05, 4.69) is 48.6 Å². The van der Waals surface area contributed by atoms with E-state index in [1.165, 1.54) is 44.1 Å². The summed E-state index contributed by atoms with van der Waals surface area (Å²) in [5.41, 5.74) is 3.52. The largest absolute Gasteiger partial charge is 0.356 e.